The summed E-state index contributed by atoms with van der Waals surface area (Å²) in [6.07, 6.45) is 0. The summed E-state index contributed by atoms with van der Waals surface area (Å²) in [7, 11) is 0. The van der Waals surface area contributed by atoms with Crippen molar-refractivity contribution >= 4 is 22.9 Å². The molecule has 0 amide bonds. The van der Waals surface area contributed by atoms with E-state index in [4.69, 9.17) is 11.6 Å². The van der Waals surface area contributed by atoms with E-state index in [1.165, 1.54) is 12.1 Å². The van der Waals surface area contributed by atoms with Crippen molar-refractivity contribution in [3.63, 3.8) is 0 Å². The first-order valence-electron chi connectivity index (χ1n) is 6.90. The highest BCUT2D eigenvalue weighted by atomic mass is 35.5. The van der Waals surface area contributed by atoms with Crippen LogP contribution in [0.25, 0.3) is 11.3 Å². The first-order valence-corrected chi connectivity index (χ1v) is 8.31. The molecule has 124 valence electrons. The number of hydrogen-bond acceptors (Lipinski definition) is 3. The number of benzene rings is 2. The molecule has 1 heterocycles. The van der Waals surface area contributed by atoms with Gasteiger partial charge in [0, 0.05) is 22.6 Å². The van der Waals surface area contributed by atoms with Crippen LogP contribution in [-0.4, -0.2) is 16.0 Å². The number of thiazole rings is 1. The van der Waals surface area contributed by atoms with Gasteiger partial charge in [-0.15, -0.1) is 22.9 Å². The van der Waals surface area contributed by atoms with E-state index < -0.39 is 17.2 Å². The Hall–Kier alpha value is -1.89. The zero-order chi connectivity index (χ0) is 17.3. The van der Waals surface area contributed by atoms with Gasteiger partial charge in [0.1, 0.15) is 22.5 Å². The molecule has 0 saturated carbocycles. The molecule has 1 unspecified atom stereocenters. The highest BCUT2D eigenvalue weighted by Gasteiger charge is 2.36. The molecule has 2 aromatic carbocycles. The lowest BCUT2D eigenvalue weighted by atomic mass is 9.96. The summed E-state index contributed by atoms with van der Waals surface area (Å²) in [4.78, 5) is 4.29. The van der Waals surface area contributed by atoms with Gasteiger partial charge in [-0.05, 0) is 36.4 Å². The summed E-state index contributed by atoms with van der Waals surface area (Å²) >= 11 is 6.96. The van der Waals surface area contributed by atoms with Gasteiger partial charge < -0.3 is 5.11 Å². The van der Waals surface area contributed by atoms with Gasteiger partial charge in [-0.2, -0.15) is 0 Å². The van der Waals surface area contributed by atoms with E-state index in [-0.39, 0.29) is 22.3 Å². The van der Waals surface area contributed by atoms with Crippen molar-refractivity contribution in [1.82, 2.24) is 4.98 Å². The van der Waals surface area contributed by atoms with Crippen molar-refractivity contribution in [1.29, 1.82) is 0 Å². The summed E-state index contributed by atoms with van der Waals surface area (Å²) in [5.74, 6) is -2.39. The third-order valence-corrected chi connectivity index (χ3v) is 4.95. The Morgan fingerprint density at radius 2 is 1.71 bits per heavy atom. The summed E-state index contributed by atoms with van der Waals surface area (Å²) in [5, 5.41) is 12.7. The number of aromatic nitrogens is 1. The van der Waals surface area contributed by atoms with Crippen LogP contribution in [0.4, 0.5) is 13.2 Å². The number of halogens is 4. The molecule has 0 aliphatic heterocycles. The fraction of sp³-hybridized carbons (Fsp3) is 0.118. The van der Waals surface area contributed by atoms with Gasteiger partial charge in [-0.25, -0.2) is 18.2 Å². The molecule has 7 heteroatoms. The standard InChI is InChI=1S/C17H11ClF3NOS/c18-9-17(23,13-6-5-12(20)7-14(13)21)16-22-15(8-24-16)10-1-3-11(19)4-2-10/h1-8,23H,9H2. The zero-order valence-electron chi connectivity index (χ0n) is 12.1. The zero-order valence-corrected chi connectivity index (χ0v) is 13.7. The molecule has 1 aromatic heterocycles. The van der Waals surface area contributed by atoms with Gasteiger partial charge in [0.05, 0.1) is 11.6 Å². The lowest BCUT2D eigenvalue weighted by Gasteiger charge is -2.24. The quantitative estimate of drug-likeness (QED) is 0.676. The fourth-order valence-corrected chi connectivity index (χ4v) is 3.58. The highest BCUT2D eigenvalue weighted by Crippen LogP contribution is 2.36. The Labute approximate surface area is 145 Å². The van der Waals surface area contributed by atoms with Crippen LogP contribution in [0.15, 0.2) is 47.8 Å². The molecule has 0 aliphatic rings. The second-order valence-corrected chi connectivity index (χ2v) is 6.29. The van der Waals surface area contributed by atoms with Gasteiger partial charge in [0.25, 0.3) is 0 Å². The minimum Gasteiger partial charge on any atom is -0.376 e. The molecule has 24 heavy (non-hydrogen) atoms. The van der Waals surface area contributed by atoms with E-state index in [0.29, 0.717) is 17.3 Å². The van der Waals surface area contributed by atoms with Crippen molar-refractivity contribution in [3.05, 3.63) is 75.9 Å². The molecule has 0 aliphatic carbocycles. The SMILES string of the molecule is OC(CCl)(c1nc(-c2ccc(F)cc2)cs1)c1ccc(F)cc1F. The van der Waals surface area contributed by atoms with Crippen LogP contribution in [0.1, 0.15) is 10.6 Å². The van der Waals surface area contributed by atoms with Crippen molar-refractivity contribution in [2.75, 3.05) is 5.88 Å². The molecule has 0 radical (unpaired) electrons. The number of alkyl halides is 1. The third-order valence-electron chi connectivity index (χ3n) is 3.57. The predicted octanol–water partition coefficient (Wildman–Crippen LogP) is 4.70. The molecule has 0 fully saturated rings. The first-order chi connectivity index (χ1) is 11.4. The number of rotatable bonds is 4. The van der Waals surface area contributed by atoms with Gasteiger partial charge in [-0.1, -0.05) is 0 Å². The van der Waals surface area contributed by atoms with Crippen molar-refractivity contribution in [2.24, 2.45) is 0 Å². The van der Waals surface area contributed by atoms with Crippen molar-refractivity contribution < 1.29 is 18.3 Å². The number of nitrogens with zero attached hydrogens (tertiary/aromatic N) is 1. The van der Waals surface area contributed by atoms with Crippen LogP contribution in [-0.2, 0) is 5.60 Å². The molecular formula is C17H11ClF3NOS. The molecule has 3 rings (SSSR count). The Morgan fingerprint density at radius 1 is 1.04 bits per heavy atom. The minimum atomic E-state index is -1.89. The summed E-state index contributed by atoms with van der Waals surface area (Å²) in [5.41, 5.74) is -0.891. The summed E-state index contributed by atoms with van der Waals surface area (Å²) in [6.45, 7) is 0. The smallest absolute Gasteiger partial charge is 0.157 e. The predicted molar refractivity (Wildman–Crippen MR) is 87.6 cm³/mol. The Balaban J connectivity index is 2.04. The lowest BCUT2D eigenvalue weighted by Crippen LogP contribution is -2.30. The van der Waals surface area contributed by atoms with Crippen molar-refractivity contribution in [2.45, 2.75) is 5.60 Å². The van der Waals surface area contributed by atoms with E-state index in [0.717, 1.165) is 23.5 Å². The minimum absolute atomic E-state index is 0.154. The van der Waals surface area contributed by atoms with Crippen LogP contribution in [0.2, 0.25) is 0 Å². The normalized spacial score (nSPS) is 13.7. The van der Waals surface area contributed by atoms with Crippen LogP contribution in [0, 0.1) is 17.5 Å². The third kappa shape index (κ3) is 3.05. The van der Waals surface area contributed by atoms with E-state index >= 15 is 0 Å². The van der Waals surface area contributed by atoms with Crippen LogP contribution in [0.3, 0.4) is 0 Å². The molecular weight excluding hydrogens is 359 g/mol. The van der Waals surface area contributed by atoms with Crippen molar-refractivity contribution in [3.8, 4) is 11.3 Å². The molecule has 0 bridgehead atoms. The van der Waals surface area contributed by atoms with E-state index in [1.54, 1.807) is 17.5 Å². The number of hydrogen-bond donors (Lipinski definition) is 1. The van der Waals surface area contributed by atoms with Crippen LogP contribution >= 0.6 is 22.9 Å². The molecule has 0 saturated heterocycles. The van der Waals surface area contributed by atoms with Crippen LogP contribution in [0.5, 0.6) is 0 Å². The van der Waals surface area contributed by atoms with Gasteiger partial charge >= 0.3 is 0 Å². The maximum atomic E-state index is 14.1. The van der Waals surface area contributed by atoms with E-state index in [1.807, 2.05) is 0 Å². The molecule has 0 spiro atoms. The summed E-state index contributed by atoms with van der Waals surface area (Å²) in [6, 6.07) is 8.56. The second-order valence-electron chi connectivity index (χ2n) is 5.16. The molecule has 1 N–H and O–H groups in total. The maximum absolute atomic E-state index is 14.1. The average Bonchev–Trinajstić information content (AvgIpc) is 3.05. The molecule has 2 nitrogen and oxygen atoms in total. The van der Waals surface area contributed by atoms with Gasteiger partial charge in [0.2, 0.25) is 0 Å². The van der Waals surface area contributed by atoms with Gasteiger partial charge in [-0.3, -0.25) is 0 Å². The molecule has 3 aromatic rings. The van der Waals surface area contributed by atoms with E-state index in [2.05, 4.69) is 4.98 Å². The average molecular weight is 370 g/mol. The largest absolute Gasteiger partial charge is 0.376 e. The van der Waals surface area contributed by atoms with E-state index in [9.17, 15) is 18.3 Å². The topological polar surface area (TPSA) is 33.1 Å². The lowest BCUT2D eigenvalue weighted by molar-refractivity contribution is 0.101. The van der Waals surface area contributed by atoms with Crippen LogP contribution < -0.4 is 0 Å². The highest BCUT2D eigenvalue weighted by molar-refractivity contribution is 7.10. The maximum Gasteiger partial charge on any atom is 0.157 e. The fourth-order valence-electron chi connectivity index (χ4n) is 2.29. The molecule has 1 atom stereocenters. The monoisotopic (exact) mass is 369 g/mol. The Bertz CT molecular complexity index is 869. The summed E-state index contributed by atoms with van der Waals surface area (Å²) < 4.78 is 40.2. The Kier molecular flexibility index (Phi) is 4.62. The Morgan fingerprint density at radius 3 is 2.33 bits per heavy atom. The van der Waals surface area contributed by atoms with Gasteiger partial charge in [0.15, 0.2) is 5.60 Å². The first kappa shape index (κ1) is 17.0. The number of aliphatic hydroxyl groups is 1. The second kappa shape index (κ2) is 6.55.